The lowest BCUT2D eigenvalue weighted by molar-refractivity contribution is 0.102. The fourth-order valence-corrected chi connectivity index (χ4v) is 2.87. The first-order chi connectivity index (χ1) is 13.1. The van der Waals surface area contributed by atoms with E-state index >= 15 is 0 Å². The molecule has 4 rings (SSSR count). The largest absolute Gasteiger partial charge is 0.439 e. The molecule has 0 fully saturated rings. The van der Waals surface area contributed by atoms with Crippen LogP contribution in [-0.2, 0) is 0 Å². The Labute approximate surface area is 164 Å². The molecule has 27 heavy (non-hydrogen) atoms. The molecule has 0 bridgehead atoms. The van der Waals surface area contributed by atoms with Gasteiger partial charge in [-0.3, -0.25) is 4.79 Å². The van der Waals surface area contributed by atoms with Crippen molar-refractivity contribution in [2.75, 3.05) is 5.32 Å². The van der Waals surface area contributed by atoms with Gasteiger partial charge in [0, 0.05) is 28.7 Å². The number of rotatable bonds is 4. The summed E-state index contributed by atoms with van der Waals surface area (Å²) in [4.78, 5) is 19.6. The topological polar surface area (TPSA) is 67.0 Å². The molecule has 0 radical (unpaired) electrons. The molecule has 2 aromatic heterocycles. The van der Waals surface area contributed by atoms with Crippen LogP contribution < -0.4 is 10.1 Å². The van der Waals surface area contributed by atoms with E-state index in [1.807, 2.05) is 30.5 Å². The Balaban J connectivity index is 1.45. The fraction of sp³-hybridized carbons (Fsp3) is 0. The third kappa shape index (κ3) is 3.89. The summed E-state index contributed by atoms with van der Waals surface area (Å²) in [6.45, 7) is 0. The molecule has 2 N–H and O–H groups in total. The van der Waals surface area contributed by atoms with Gasteiger partial charge in [0.2, 0.25) is 5.88 Å². The van der Waals surface area contributed by atoms with E-state index in [1.54, 1.807) is 24.3 Å². The van der Waals surface area contributed by atoms with E-state index in [9.17, 15) is 4.79 Å². The molecule has 0 saturated heterocycles. The van der Waals surface area contributed by atoms with Crippen molar-refractivity contribution in [3.63, 3.8) is 0 Å². The Bertz CT molecular complexity index is 1120. The van der Waals surface area contributed by atoms with E-state index in [0.717, 1.165) is 10.9 Å². The van der Waals surface area contributed by atoms with Crippen LogP contribution in [0, 0.1) is 0 Å². The number of fused-ring (bicyclic) bond motifs is 1. The second-order valence-electron chi connectivity index (χ2n) is 5.80. The Hall–Kier alpha value is -3.02. The zero-order valence-electron chi connectivity index (χ0n) is 13.9. The molecular formula is C20H13Cl2N3O2. The van der Waals surface area contributed by atoms with Gasteiger partial charge in [-0.2, -0.15) is 0 Å². The molecule has 0 aliphatic carbocycles. The number of hydrogen-bond donors (Lipinski definition) is 2. The number of aromatic amines is 1. The summed E-state index contributed by atoms with van der Waals surface area (Å²) in [5, 5.41) is 4.53. The summed E-state index contributed by atoms with van der Waals surface area (Å²) in [7, 11) is 0. The van der Waals surface area contributed by atoms with Gasteiger partial charge < -0.3 is 15.0 Å². The van der Waals surface area contributed by atoms with Crippen LogP contribution >= 0.6 is 23.2 Å². The van der Waals surface area contributed by atoms with E-state index < -0.39 is 0 Å². The highest BCUT2D eigenvalue weighted by atomic mass is 35.5. The van der Waals surface area contributed by atoms with Crippen molar-refractivity contribution in [2.24, 2.45) is 0 Å². The van der Waals surface area contributed by atoms with Crippen molar-refractivity contribution in [1.82, 2.24) is 9.97 Å². The van der Waals surface area contributed by atoms with E-state index in [1.165, 1.54) is 12.3 Å². The summed E-state index contributed by atoms with van der Waals surface area (Å²) < 4.78 is 5.76. The molecule has 0 spiro atoms. The zero-order chi connectivity index (χ0) is 18.8. The highest BCUT2D eigenvalue weighted by molar-refractivity contribution is 6.42. The average Bonchev–Trinajstić information content (AvgIpc) is 3.13. The molecule has 2 aromatic carbocycles. The minimum atomic E-state index is -0.304. The van der Waals surface area contributed by atoms with Crippen LogP contribution in [0.15, 0.2) is 67.0 Å². The van der Waals surface area contributed by atoms with Crippen LogP contribution in [0.3, 0.4) is 0 Å². The number of aromatic nitrogens is 2. The highest BCUT2D eigenvalue weighted by Gasteiger charge is 2.09. The Morgan fingerprint density at radius 2 is 1.89 bits per heavy atom. The van der Waals surface area contributed by atoms with Crippen LogP contribution in [-0.4, -0.2) is 15.9 Å². The Kier molecular flexibility index (Phi) is 4.71. The number of hydrogen-bond acceptors (Lipinski definition) is 3. The van der Waals surface area contributed by atoms with E-state index in [0.29, 0.717) is 32.9 Å². The molecule has 134 valence electrons. The molecule has 0 aliphatic heterocycles. The van der Waals surface area contributed by atoms with Gasteiger partial charge >= 0.3 is 0 Å². The van der Waals surface area contributed by atoms with Crippen LogP contribution in [0.5, 0.6) is 11.6 Å². The Morgan fingerprint density at radius 1 is 1.00 bits per heavy atom. The molecule has 7 heteroatoms. The minimum absolute atomic E-state index is 0.304. The summed E-state index contributed by atoms with van der Waals surface area (Å²) in [5.74, 6) is 0.807. The van der Waals surface area contributed by atoms with Gasteiger partial charge in [-0.25, -0.2) is 4.98 Å². The van der Waals surface area contributed by atoms with Gasteiger partial charge in [0.1, 0.15) is 5.75 Å². The smallest absolute Gasteiger partial charge is 0.255 e. The normalized spacial score (nSPS) is 10.7. The molecule has 5 nitrogen and oxygen atoms in total. The third-order valence-electron chi connectivity index (χ3n) is 3.92. The van der Waals surface area contributed by atoms with Crippen LogP contribution in [0.1, 0.15) is 10.4 Å². The third-order valence-corrected chi connectivity index (χ3v) is 4.66. The number of halogens is 2. The lowest BCUT2D eigenvalue weighted by Crippen LogP contribution is -2.12. The van der Waals surface area contributed by atoms with Crippen molar-refractivity contribution < 1.29 is 9.53 Å². The van der Waals surface area contributed by atoms with Gasteiger partial charge in [0.25, 0.3) is 5.91 Å². The van der Waals surface area contributed by atoms with Crippen molar-refractivity contribution in [1.29, 1.82) is 0 Å². The molecule has 0 atom stereocenters. The minimum Gasteiger partial charge on any atom is -0.439 e. The van der Waals surface area contributed by atoms with Crippen LogP contribution in [0.25, 0.3) is 10.9 Å². The monoisotopic (exact) mass is 397 g/mol. The number of benzene rings is 2. The maximum atomic E-state index is 12.3. The van der Waals surface area contributed by atoms with Crippen LogP contribution in [0.2, 0.25) is 10.0 Å². The lowest BCUT2D eigenvalue weighted by atomic mass is 10.2. The maximum absolute atomic E-state index is 12.3. The van der Waals surface area contributed by atoms with Crippen molar-refractivity contribution in [3.05, 3.63) is 82.6 Å². The summed E-state index contributed by atoms with van der Waals surface area (Å²) in [6, 6.07) is 15.8. The first kappa shape index (κ1) is 17.4. The number of H-pyrrole nitrogens is 1. The predicted octanol–water partition coefficient (Wildman–Crippen LogP) is 5.91. The second-order valence-corrected chi connectivity index (χ2v) is 6.61. The number of pyridine rings is 1. The summed E-state index contributed by atoms with van der Waals surface area (Å²) in [5.41, 5.74) is 1.99. The van der Waals surface area contributed by atoms with Gasteiger partial charge in [-0.15, -0.1) is 0 Å². The maximum Gasteiger partial charge on any atom is 0.255 e. The van der Waals surface area contributed by atoms with Gasteiger partial charge in [0.05, 0.1) is 21.9 Å². The molecule has 2 heterocycles. The van der Waals surface area contributed by atoms with Crippen molar-refractivity contribution in [3.8, 4) is 11.6 Å². The van der Waals surface area contributed by atoms with E-state index in [-0.39, 0.29) is 5.91 Å². The standard InChI is InChI=1S/C20H13Cl2N3O2/c21-16-4-1-13(10-17(16)22)20(26)25-14-2-6-19(24-11-14)27-15-3-5-18-12(9-15)7-8-23-18/h1-11,23H,(H,25,26). The SMILES string of the molecule is O=C(Nc1ccc(Oc2ccc3[nH]ccc3c2)nc1)c1ccc(Cl)c(Cl)c1. The molecular weight excluding hydrogens is 385 g/mol. The average molecular weight is 398 g/mol. The summed E-state index contributed by atoms with van der Waals surface area (Å²) >= 11 is 11.8. The number of ether oxygens (including phenoxy) is 1. The number of carbonyl (C=O) groups is 1. The highest BCUT2D eigenvalue weighted by Crippen LogP contribution is 2.25. The molecule has 0 unspecified atom stereocenters. The molecule has 0 saturated carbocycles. The molecule has 0 aliphatic rings. The van der Waals surface area contributed by atoms with E-state index in [2.05, 4.69) is 15.3 Å². The zero-order valence-corrected chi connectivity index (χ0v) is 15.4. The number of nitrogens with zero attached hydrogens (tertiary/aromatic N) is 1. The quantitative estimate of drug-likeness (QED) is 0.449. The predicted molar refractivity (Wildman–Crippen MR) is 107 cm³/mol. The first-order valence-electron chi connectivity index (χ1n) is 8.06. The molecule has 1 amide bonds. The van der Waals surface area contributed by atoms with Crippen molar-refractivity contribution in [2.45, 2.75) is 0 Å². The Morgan fingerprint density at radius 3 is 2.67 bits per heavy atom. The first-order valence-corrected chi connectivity index (χ1v) is 8.81. The molecule has 4 aromatic rings. The number of amides is 1. The van der Waals surface area contributed by atoms with E-state index in [4.69, 9.17) is 27.9 Å². The number of anilines is 1. The fourth-order valence-electron chi connectivity index (χ4n) is 2.57. The lowest BCUT2D eigenvalue weighted by Gasteiger charge is -2.08. The van der Waals surface area contributed by atoms with Crippen LogP contribution in [0.4, 0.5) is 5.69 Å². The van der Waals surface area contributed by atoms with Gasteiger partial charge in [0.15, 0.2) is 0 Å². The summed E-state index contributed by atoms with van der Waals surface area (Å²) in [6.07, 6.45) is 3.40. The van der Waals surface area contributed by atoms with Gasteiger partial charge in [-0.1, -0.05) is 23.2 Å². The number of nitrogens with one attached hydrogen (secondary N) is 2. The van der Waals surface area contributed by atoms with Crippen molar-refractivity contribution >= 4 is 45.7 Å². The number of carbonyl (C=O) groups excluding carboxylic acids is 1. The van der Waals surface area contributed by atoms with Gasteiger partial charge in [-0.05, 0) is 48.5 Å². The second kappa shape index (κ2) is 7.31.